The summed E-state index contributed by atoms with van der Waals surface area (Å²) in [4.78, 5) is 0. The molecule has 3 atom stereocenters. The zero-order valence-electron chi connectivity index (χ0n) is 17.4. The van der Waals surface area contributed by atoms with Crippen LogP contribution in [-0.4, -0.2) is 0 Å². The molecule has 0 saturated heterocycles. The van der Waals surface area contributed by atoms with E-state index in [0.717, 1.165) is 24.8 Å². The van der Waals surface area contributed by atoms with Crippen molar-refractivity contribution in [1.29, 1.82) is 15.8 Å². The lowest BCUT2D eigenvalue weighted by molar-refractivity contribution is 0.138. The van der Waals surface area contributed by atoms with E-state index in [2.05, 4.69) is 57.2 Å². The Hall–Kier alpha value is -3.03. The lowest BCUT2D eigenvalue weighted by Gasteiger charge is -2.47. The van der Waals surface area contributed by atoms with Crippen LogP contribution in [0.3, 0.4) is 0 Å². The molecule has 0 heterocycles. The lowest BCUT2D eigenvalue weighted by atomic mass is 9.54. The molecule has 2 N–H and O–H groups in total. The van der Waals surface area contributed by atoms with Gasteiger partial charge in [-0.2, -0.15) is 15.8 Å². The van der Waals surface area contributed by atoms with Gasteiger partial charge in [0.1, 0.15) is 6.07 Å². The van der Waals surface area contributed by atoms with E-state index in [4.69, 9.17) is 5.73 Å². The van der Waals surface area contributed by atoms with Crippen LogP contribution < -0.4 is 5.73 Å². The van der Waals surface area contributed by atoms with Crippen LogP contribution >= 0.6 is 0 Å². The minimum Gasteiger partial charge on any atom is -0.399 e. The summed E-state index contributed by atoms with van der Waals surface area (Å²) in [5.74, 6) is 0.203. The second-order valence-electron chi connectivity index (χ2n) is 9.36. The van der Waals surface area contributed by atoms with Gasteiger partial charge in [0.05, 0.1) is 23.4 Å². The first kappa shape index (κ1) is 20.7. The summed E-state index contributed by atoms with van der Waals surface area (Å²) in [7, 11) is 0. The van der Waals surface area contributed by atoms with Gasteiger partial charge in [-0.25, -0.2) is 0 Å². The molecule has 0 bridgehead atoms. The van der Waals surface area contributed by atoms with Crippen LogP contribution in [-0.2, 0) is 6.42 Å². The molecule has 4 nitrogen and oxygen atoms in total. The van der Waals surface area contributed by atoms with Gasteiger partial charge in [0.25, 0.3) is 0 Å². The van der Waals surface area contributed by atoms with Crippen LogP contribution in [0.15, 0.2) is 53.3 Å². The van der Waals surface area contributed by atoms with Gasteiger partial charge in [-0.3, -0.25) is 0 Å². The van der Waals surface area contributed by atoms with Crippen LogP contribution in [0.1, 0.15) is 45.6 Å². The Morgan fingerprint density at radius 3 is 2.31 bits per heavy atom. The molecule has 0 radical (unpaired) electrons. The number of nitrogens with zero attached hydrogens (tertiary/aromatic N) is 3. The van der Waals surface area contributed by atoms with Crippen LogP contribution in [0.5, 0.6) is 0 Å². The molecule has 3 rings (SSSR count). The summed E-state index contributed by atoms with van der Waals surface area (Å²) in [6.45, 7) is 6.70. The quantitative estimate of drug-likeness (QED) is 0.791. The molecule has 0 aromatic heterocycles. The van der Waals surface area contributed by atoms with Gasteiger partial charge in [0.15, 0.2) is 5.41 Å². The van der Waals surface area contributed by atoms with Gasteiger partial charge in [-0.05, 0) is 54.1 Å². The molecule has 148 valence electrons. The van der Waals surface area contributed by atoms with Gasteiger partial charge in [0, 0.05) is 5.92 Å². The first-order valence-corrected chi connectivity index (χ1v) is 10.3. The second-order valence-corrected chi connectivity index (χ2v) is 9.36. The highest BCUT2D eigenvalue weighted by Gasteiger charge is 2.53. The maximum Gasteiger partial charge on any atom is 0.187 e. The predicted octanol–water partition coefficient (Wildman–Crippen LogP) is 5.02. The molecular weight excluding hydrogens is 356 g/mol. The monoisotopic (exact) mass is 384 g/mol. The third-order valence-corrected chi connectivity index (χ3v) is 6.86. The Bertz CT molecular complexity index is 943. The van der Waals surface area contributed by atoms with E-state index in [1.807, 2.05) is 18.2 Å². The Balaban J connectivity index is 2.09. The first-order valence-electron chi connectivity index (χ1n) is 10.3. The maximum absolute atomic E-state index is 10.1. The summed E-state index contributed by atoms with van der Waals surface area (Å²) < 4.78 is 0. The topological polar surface area (TPSA) is 97.4 Å². The number of nitriles is 3. The van der Waals surface area contributed by atoms with Crippen LogP contribution in [0.25, 0.3) is 0 Å². The number of fused-ring (bicyclic) bond motifs is 1. The van der Waals surface area contributed by atoms with E-state index in [0.29, 0.717) is 17.9 Å². The fourth-order valence-corrected chi connectivity index (χ4v) is 5.00. The van der Waals surface area contributed by atoms with Crippen LogP contribution in [0.2, 0.25) is 0 Å². The summed E-state index contributed by atoms with van der Waals surface area (Å²) in [5, 5.41) is 30.0. The molecule has 0 fully saturated rings. The van der Waals surface area contributed by atoms with Gasteiger partial charge in [-0.15, -0.1) is 0 Å². The molecule has 0 unspecified atom stereocenters. The number of benzene rings is 1. The van der Waals surface area contributed by atoms with Gasteiger partial charge >= 0.3 is 0 Å². The summed E-state index contributed by atoms with van der Waals surface area (Å²) in [6, 6.07) is 16.8. The highest BCUT2D eigenvalue weighted by Crippen LogP contribution is 2.55. The highest BCUT2D eigenvalue weighted by molar-refractivity contribution is 5.56. The van der Waals surface area contributed by atoms with Crippen molar-refractivity contribution in [3.63, 3.8) is 0 Å². The molecule has 4 heteroatoms. The third-order valence-electron chi connectivity index (χ3n) is 6.86. The van der Waals surface area contributed by atoms with Crippen molar-refractivity contribution >= 4 is 0 Å². The number of nitrogens with two attached hydrogens (primary N) is 1. The molecule has 0 amide bonds. The third kappa shape index (κ3) is 3.54. The van der Waals surface area contributed by atoms with Crippen molar-refractivity contribution in [3.8, 4) is 18.2 Å². The van der Waals surface area contributed by atoms with E-state index in [-0.39, 0.29) is 22.9 Å². The van der Waals surface area contributed by atoms with E-state index < -0.39 is 5.41 Å². The summed E-state index contributed by atoms with van der Waals surface area (Å²) in [5.41, 5.74) is 7.63. The normalized spacial score (nSPS) is 25.8. The molecular formula is C25H28N4. The molecule has 0 saturated carbocycles. The zero-order valence-corrected chi connectivity index (χ0v) is 17.4. The number of hydrogen-bond acceptors (Lipinski definition) is 4. The largest absolute Gasteiger partial charge is 0.399 e. The fourth-order valence-electron chi connectivity index (χ4n) is 5.00. The van der Waals surface area contributed by atoms with Crippen molar-refractivity contribution in [1.82, 2.24) is 0 Å². The Kier molecular flexibility index (Phi) is 5.55. The van der Waals surface area contributed by atoms with Crippen molar-refractivity contribution in [2.75, 3.05) is 0 Å². The number of allylic oxidation sites excluding steroid dienone is 4. The Morgan fingerprint density at radius 1 is 1.10 bits per heavy atom. The summed E-state index contributed by atoms with van der Waals surface area (Å²) >= 11 is 0. The molecule has 0 aliphatic heterocycles. The van der Waals surface area contributed by atoms with Crippen molar-refractivity contribution in [2.45, 2.75) is 46.5 Å². The summed E-state index contributed by atoms with van der Waals surface area (Å²) in [6.07, 6.45) is 5.37. The minimum atomic E-state index is -1.46. The van der Waals surface area contributed by atoms with E-state index >= 15 is 0 Å². The van der Waals surface area contributed by atoms with Crippen molar-refractivity contribution in [3.05, 3.63) is 58.8 Å². The van der Waals surface area contributed by atoms with Crippen LogP contribution in [0.4, 0.5) is 0 Å². The number of hydrogen-bond donors (Lipinski definition) is 1. The maximum atomic E-state index is 10.1. The van der Waals surface area contributed by atoms with Gasteiger partial charge in [-0.1, -0.05) is 57.2 Å². The molecule has 1 aromatic rings. The fraction of sp³-hybridized carbons (Fsp3) is 0.480. The second kappa shape index (κ2) is 7.77. The molecule has 0 spiro atoms. The average Bonchev–Trinajstić information content (AvgIpc) is 2.72. The standard InChI is InChI=1S/C25H28N4/c1-24(2,3)18-10-11-19-20(13-18)22(12-9-17-7-5-4-6-8-17)25(15-27,16-28)23(29)21(19)14-26/h4-8,11,18,20,22H,9-10,12-13,29H2,1-3H3/t18-,20-,22+/m1/s1. The first-order chi connectivity index (χ1) is 13.8. The number of rotatable bonds is 3. The van der Waals surface area contributed by atoms with Crippen LogP contribution in [0, 0.1) is 62.6 Å². The number of aryl methyl sites for hydroxylation is 1. The average molecular weight is 385 g/mol. The predicted molar refractivity (Wildman–Crippen MR) is 112 cm³/mol. The molecule has 2 aliphatic rings. The Labute approximate surface area is 173 Å². The zero-order chi connectivity index (χ0) is 21.2. The van der Waals surface area contributed by atoms with Crippen molar-refractivity contribution in [2.24, 2.45) is 34.3 Å². The smallest absolute Gasteiger partial charge is 0.187 e. The SMILES string of the molecule is CC(C)(C)[C@@H]1CC=C2C(C#N)=C(N)C(C#N)(C#N)[C@@H](CCc3ccccc3)[C@@H]2C1. The van der Waals surface area contributed by atoms with Crippen molar-refractivity contribution < 1.29 is 0 Å². The van der Waals surface area contributed by atoms with E-state index in [1.165, 1.54) is 5.56 Å². The molecule has 2 aliphatic carbocycles. The minimum absolute atomic E-state index is 0.00191. The van der Waals surface area contributed by atoms with E-state index in [9.17, 15) is 15.8 Å². The van der Waals surface area contributed by atoms with Gasteiger partial charge < -0.3 is 5.73 Å². The highest BCUT2D eigenvalue weighted by atomic mass is 14.7. The van der Waals surface area contributed by atoms with E-state index in [1.54, 1.807) is 0 Å². The lowest BCUT2D eigenvalue weighted by Crippen LogP contribution is -2.46. The molecule has 1 aromatic carbocycles. The Morgan fingerprint density at radius 2 is 1.76 bits per heavy atom. The molecule has 29 heavy (non-hydrogen) atoms. The van der Waals surface area contributed by atoms with Gasteiger partial charge in [0.2, 0.25) is 0 Å².